The number of nitrogens with two attached hydrogens (primary N) is 1. The van der Waals surface area contributed by atoms with E-state index >= 15 is 0 Å². The van der Waals surface area contributed by atoms with E-state index in [-0.39, 0.29) is 5.70 Å². The number of carbonyl (C=O) groups is 3. The zero-order valence-electron chi connectivity index (χ0n) is 18.0. The number of imide groups is 1. The Bertz CT molecular complexity index is 1390. The summed E-state index contributed by atoms with van der Waals surface area (Å²) in [6.45, 7) is 1.48. The van der Waals surface area contributed by atoms with Gasteiger partial charge in [-0.3, -0.25) is 19.7 Å². The van der Waals surface area contributed by atoms with Gasteiger partial charge in [0.2, 0.25) is 5.91 Å². The first-order chi connectivity index (χ1) is 15.9. The number of amides is 3. The molecule has 0 fully saturated rings. The van der Waals surface area contributed by atoms with Crippen LogP contribution in [-0.4, -0.2) is 23.8 Å². The minimum Gasteiger partial charge on any atom is -0.320 e. The zero-order valence-corrected chi connectivity index (χ0v) is 18.0. The Labute approximate surface area is 191 Å². The highest BCUT2D eigenvalue weighted by Gasteiger charge is 2.19. The molecule has 0 radical (unpaired) electrons. The molecule has 0 aliphatic rings. The van der Waals surface area contributed by atoms with Crippen molar-refractivity contribution in [2.24, 2.45) is 5.73 Å². The molecular weight excluding hydrogens is 414 g/mol. The highest BCUT2D eigenvalue weighted by molar-refractivity contribution is 6.14. The fraction of sp³-hybridized carbons (Fsp3) is 0.0741. The molecule has 4 rings (SSSR count). The van der Waals surface area contributed by atoms with Crippen molar-refractivity contribution in [2.75, 3.05) is 0 Å². The van der Waals surface area contributed by atoms with Crippen LogP contribution in [0.3, 0.4) is 0 Å². The van der Waals surface area contributed by atoms with E-state index in [1.54, 1.807) is 36.4 Å². The fourth-order valence-corrected chi connectivity index (χ4v) is 3.59. The average Bonchev–Trinajstić information content (AvgIpc) is 2.84. The number of hydrogen-bond acceptors (Lipinski definition) is 4. The molecule has 0 saturated heterocycles. The molecule has 0 spiro atoms. The lowest BCUT2D eigenvalue weighted by Gasteiger charge is -2.13. The lowest BCUT2D eigenvalue weighted by Crippen LogP contribution is -2.44. The Kier molecular flexibility index (Phi) is 6.29. The summed E-state index contributed by atoms with van der Waals surface area (Å²) in [6, 6.07) is 25.4. The van der Waals surface area contributed by atoms with Gasteiger partial charge in [-0.2, -0.15) is 0 Å². The van der Waals surface area contributed by atoms with Crippen LogP contribution in [0, 0.1) is 0 Å². The van der Waals surface area contributed by atoms with E-state index in [0.29, 0.717) is 5.56 Å². The van der Waals surface area contributed by atoms with Crippen LogP contribution in [0.15, 0.2) is 90.6 Å². The Morgan fingerprint density at radius 1 is 0.788 bits per heavy atom. The van der Waals surface area contributed by atoms with Crippen LogP contribution in [0.1, 0.15) is 22.8 Å². The third-order valence-corrected chi connectivity index (χ3v) is 5.28. The molecule has 1 atom stereocenters. The molecular formula is C27H23N3O3. The van der Waals surface area contributed by atoms with Crippen LogP contribution in [0.2, 0.25) is 0 Å². The van der Waals surface area contributed by atoms with Crippen molar-refractivity contribution in [3.63, 3.8) is 0 Å². The summed E-state index contributed by atoms with van der Waals surface area (Å²) >= 11 is 0. The van der Waals surface area contributed by atoms with Crippen LogP contribution >= 0.6 is 0 Å². The van der Waals surface area contributed by atoms with Gasteiger partial charge in [0.1, 0.15) is 5.70 Å². The van der Waals surface area contributed by atoms with E-state index in [1.165, 1.54) is 6.92 Å². The molecule has 0 aliphatic carbocycles. The van der Waals surface area contributed by atoms with Crippen LogP contribution < -0.4 is 16.4 Å². The maximum atomic E-state index is 13.0. The minimum absolute atomic E-state index is 0.0571. The third-order valence-electron chi connectivity index (χ3n) is 5.28. The van der Waals surface area contributed by atoms with Gasteiger partial charge in [0.05, 0.1) is 6.04 Å². The minimum atomic E-state index is -0.874. The Hall–Kier alpha value is -4.29. The fourth-order valence-electron chi connectivity index (χ4n) is 3.59. The van der Waals surface area contributed by atoms with Crippen LogP contribution in [0.25, 0.3) is 27.6 Å². The number of rotatable bonds is 5. The lowest BCUT2D eigenvalue weighted by molar-refractivity contribution is -0.129. The standard InChI is InChI=1S/C27H23N3O3/c1-17(28)25(31)30-27(33)24(29-26(32)18-9-3-2-4-10-18)16-20-15-19-11-5-6-12-21(19)23-14-8-7-13-22(20)23/h2-17H,28H2,1H3,(H,29,32)(H,30,31,33)/b24-16-/t17-/m0/s1. The summed E-state index contributed by atoms with van der Waals surface area (Å²) in [4.78, 5) is 37.8. The topological polar surface area (TPSA) is 101 Å². The molecule has 0 aromatic heterocycles. The number of hydrogen-bond donors (Lipinski definition) is 3. The van der Waals surface area contributed by atoms with Crippen molar-refractivity contribution in [3.05, 3.63) is 102 Å². The molecule has 0 unspecified atom stereocenters. The van der Waals surface area contributed by atoms with E-state index in [9.17, 15) is 14.4 Å². The maximum Gasteiger partial charge on any atom is 0.274 e. The lowest BCUT2D eigenvalue weighted by atomic mass is 9.96. The number of carbonyl (C=O) groups excluding carboxylic acids is 3. The molecule has 6 nitrogen and oxygen atoms in total. The van der Waals surface area contributed by atoms with Crippen molar-refractivity contribution in [3.8, 4) is 0 Å². The molecule has 4 N–H and O–H groups in total. The second-order valence-corrected chi connectivity index (χ2v) is 7.72. The molecule has 33 heavy (non-hydrogen) atoms. The van der Waals surface area contributed by atoms with E-state index in [4.69, 9.17) is 5.73 Å². The third kappa shape index (κ3) is 4.81. The van der Waals surface area contributed by atoms with E-state index < -0.39 is 23.8 Å². The van der Waals surface area contributed by atoms with Crippen molar-refractivity contribution in [1.82, 2.24) is 10.6 Å². The molecule has 4 aromatic carbocycles. The molecule has 164 valence electrons. The van der Waals surface area contributed by atoms with Crippen LogP contribution in [0.4, 0.5) is 0 Å². The number of fused-ring (bicyclic) bond motifs is 3. The first-order valence-electron chi connectivity index (χ1n) is 10.5. The zero-order chi connectivity index (χ0) is 23.4. The molecule has 0 heterocycles. The normalized spacial score (nSPS) is 12.4. The van der Waals surface area contributed by atoms with Gasteiger partial charge < -0.3 is 11.1 Å². The van der Waals surface area contributed by atoms with Gasteiger partial charge in [0, 0.05) is 5.56 Å². The number of benzene rings is 4. The summed E-state index contributed by atoms with van der Waals surface area (Å²) in [5.74, 6) is -1.84. The van der Waals surface area contributed by atoms with Gasteiger partial charge in [-0.05, 0) is 58.3 Å². The summed E-state index contributed by atoms with van der Waals surface area (Å²) in [6.07, 6.45) is 1.58. The number of nitrogens with one attached hydrogen (secondary N) is 2. The predicted octanol–water partition coefficient (Wildman–Crippen LogP) is 3.75. The van der Waals surface area contributed by atoms with Crippen LogP contribution in [0.5, 0.6) is 0 Å². The van der Waals surface area contributed by atoms with Gasteiger partial charge in [0.15, 0.2) is 0 Å². The highest BCUT2D eigenvalue weighted by Crippen LogP contribution is 2.29. The second kappa shape index (κ2) is 9.46. The van der Waals surface area contributed by atoms with Gasteiger partial charge >= 0.3 is 0 Å². The summed E-state index contributed by atoms with van der Waals surface area (Å²) < 4.78 is 0. The van der Waals surface area contributed by atoms with Crippen molar-refractivity contribution in [1.29, 1.82) is 0 Å². The summed E-state index contributed by atoms with van der Waals surface area (Å²) in [5, 5.41) is 8.91. The average molecular weight is 437 g/mol. The van der Waals surface area contributed by atoms with Crippen LogP contribution in [-0.2, 0) is 9.59 Å². The predicted molar refractivity (Wildman–Crippen MR) is 130 cm³/mol. The van der Waals surface area contributed by atoms with E-state index in [1.807, 2.05) is 54.6 Å². The second-order valence-electron chi connectivity index (χ2n) is 7.72. The van der Waals surface area contributed by atoms with E-state index in [2.05, 4.69) is 10.6 Å². The molecule has 3 amide bonds. The smallest absolute Gasteiger partial charge is 0.274 e. The Morgan fingerprint density at radius 3 is 2.09 bits per heavy atom. The summed E-state index contributed by atoms with van der Waals surface area (Å²) in [5.41, 5.74) is 6.66. The Balaban J connectivity index is 1.83. The molecule has 0 bridgehead atoms. The monoisotopic (exact) mass is 437 g/mol. The summed E-state index contributed by atoms with van der Waals surface area (Å²) in [7, 11) is 0. The molecule has 0 saturated carbocycles. The first kappa shape index (κ1) is 21.9. The van der Waals surface area contributed by atoms with Crippen molar-refractivity contribution in [2.45, 2.75) is 13.0 Å². The molecule has 6 heteroatoms. The van der Waals surface area contributed by atoms with Crippen molar-refractivity contribution < 1.29 is 14.4 Å². The largest absolute Gasteiger partial charge is 0.320 e. The Morgan fingerprint density at radius 2 is 1.39 bits per heavy atom. The van der Waals surface area contributed by atoms with E-state index in [0.717, 1.165) is 27.1 Å². The molecule has 0 aliphatic heterocycles. The SMILES string of the molecule is C[C@H](N)C(=O)NC(=O)/C(=C/c1cc2ccccc2c2ccccc12)NC(=O)c1ccccc1. The van der Waals surface area contributed by atoms with Gasteiger partial charge in [-0.1, -0.05) is 66.7 Å². The van der Waals surface area contributed by atoms with Gasteiger partial charge in [-0.15, -0.1) is 0 Å². The van der Waals surface area contributed by atoms with Gasteiger partial charge in [0.25, 0.3) is 11.8 Å². The maximum absolute atomic E-state index is 13.0. The first-order valence-corrected chi connectivity index (χ1v) is 10.5. The quantitative estimate of drug-likeness (QED) is 0.327. The molecule has 4 aromatic rings. The van der Waals surface area contributed by atoms with Gasteiger partial charge in [-0.25, -0.2) is 0 Å². The van der Waals surface area contributed by atoms with Crippen molar-refractivity contribution >= 4 is 45.3 Å². The highest BCUT2D eigenvalue weighted by atomic mass is 16.2.